The van der Waals surface area contributed by atoms with Crippen molar-refractivity contribution in [2.75, 3.05) is 21.3 Å². The summed E-state index contributed by atoms with van der Waals surface area (Å²) in [5, 5.41) is 0. The minimum atomic E-state index is -0.794. The van der Waals surface area contributed by atoms with E-state index in [0.29, 0.717) is 34.7 Å². The van der Waals surface area contributed by atoms with Crippen molar-refractivity contribution in [1.82, 2.24) is 15.0 Å². The van der Waals surface area contributed by atoms with Gasteiger partial charge >= 0.3 is 0 Å². The summed E-state index contributed by atoms with van der Waals surface area (Å²) in [5.74, 6) is 2.95. The van der Waals surface area contributed by atoms with Crippen LogP contribution in [0, 0.1) is 0 Å². The van der Waals surface area contributed by atoms with Gasteiger partial charge in [0.05, 0.1) is 21.3 Å². The lowest BCUT2D eigenvalue weighted by molar-refractivity contribution is 0.324. The molecule has 0 aliphatic carbocycles. The van der Waals surface area contributed by atoms with Crippen molar-refractivity contribution in [3.8, 4) is 17.2 Å². The molecule has 28 heavy (non-hydrogen) atoms. The fourth-order valence-electron chi connectivity index (χ4n) is 2.09. The third kappa shape index (κ3) is 6.37. The maximum Gasteiger partial charge on any atom is 0.203 e. The topological polar surface area (TPSA) is 66.4 Å². The summed E-state index contributed by atoms with van der Waals surface area (Å²) in [5.41, 5.74) is 0.823. The molecule has 1 aromatic carbocycles. The fourth-order valence-corrected chi connectivity index (χ4v) is 3.15. The number of hydrogen-bond acceptors (Lipinski definition) is 6. The Morgan fingerprint density at radius 1 is 0.714 bits per heavy atom. The first-order valence-corrected chi connectivity index (χ1v) is 12.1. The van der Waals surface area contributed by atoms with Gasteiger partial charge < -0.3 is 14.2 Å². The van der Waals surface area contributed by atoms with Gasteiger partial charge in [0.25, 0.3) is 0 Å². The molecule has 0 spiro atoms. The van der Waals surface area contributed by atoms with Crippen molar-refractivity contribution in [3.05, 3.63) is 35.2 Å². The van der Waals surface area contributed by atoms with Crippen LogP contribution >= 0.6 is 95.6 Å². The van der Waals surface area contributed by atoms with Crippen molar-refractivity contribution in [3.63, 3.8) is 0 Å². The number of alkyl halides is 6. The van der Waals surface area contributed by atoms with Crippen molar-refractivity contribution in [2.24, 2.45) is 0 Å². The number of nitrogens with zero attached hydrogens (tertiary/aromatic N) is 3. The standard InChI is InChI=1S/C16H13Br6N3O3/c1-26-9-6-8(7-10(27-2)12(9)28-3)4-5-11-23-13(15(17,18)19)25-14(24-11)16(20,21)22/h4-7H,1-3H3/b5-4+. The lowest BCUT2D eigenvalue weighted by Crippen LogP contribution is -2.15. The minimum absolute atomic E-state index is 0.435. The van der Waals surface area contributed by atoms with E-state index in [1.165, 1.54) is 0 Å². The smallest absolute Gasteiger partial charge is 0.203 e. The first-order chi connectivity index (χ1) is 13.0. The van der Waals surface area contributed by atoms with Crippen LogP contribution in [-0.2, 0) is 4.29 Å². The Labute approximate surface area is 213 Å². The lowest BCUT2D eigenvalue weighted by Gasteiger charge is -2.16. The highest BCUT2D eigenvalue weighted by molar-refractivity contribution is 9.39. The van der Waals surface area contributed by atoms with Gasteiger partial charge in [-0.25, -0.2) is 15.0 Å². The van der Waals surface area contributed by atoms with Crippen LogP contribution < -0.4 is 14.2 Å². The van der Waals surface area contributed by atoms with Gasteiger partial charge in [0.15, 0.2) is 33.3 Å². The van der Waals surface area contributed by atoms with Crippen molar-refractivity contribution < 1.29 is 14.2 Å². The molecule has 0 bridgehead atoms. The van der Waals surface area contributed by atoms with Crippen LogP contribution in [0.15, 0.2) is 12.1 Å². The van der Waals surface area contributed by atoms with Gasteiger partial charge in [0.1, 0.15) is 0 Å². The zero-order chi connectivity index (χ0) is 21.1. The summed E-state index contributed by atoms with van der Waals surface area (Å²) in [6, 6.07) is 3.66. The monoisotopic (exact) mass is 769 g/mol. The second-order valence-corrected chi connectivity index (χ2v) is 18.7. The molecular weight excluding hydrogens is 762 g/mol. The van der Waals surface area contributed by atoms with Crippen molar-refractivity contribution >= 4 is 108 Å². The Morgan fingerprint density at radius 2 is 1.18 bits per heavy atom. The molecule has 0 atom stereocenters. The first kappa shape index (κ1) is 24.5. The third-order valence-electron chi connectivity index (χ3n) is 3.27. The lowest BCUT2D eigenvalue weighted by atomic mass is 10.1. The molecule has 0 aliphatic rings. The number of methoxy groups -OCH3 is 3. The second-order valence-electron chi connectivity index (χ2n) is 5.13. The second kappa shape index (κ2) is 10.0. The average molecular weight is 775 g/mol. The Morgan fingerprint density at radius 3 is 1.54 bits per heavy atom. The molecule has 1 aromatic heterocycles. The number of aromatic nitrogens is 3. The molecule has 0 saturated carbocycles. The molecule has 12 heteroatoms. The van der Waals surface area contributed by atoms with Gasteiger partial charge in [-0.1, -0.05) is 102 Å². The molecular formula is C16H13Br6N3O3. The predicted octanol–water partition coefficient (Wildman–Crippen LogP) is 6.66. The average Bonchev–Trinajstić information content (AvgIpc) is 2.63. The van der Waals surface area contributed by atoms with E-state index >= 15 is 0 Å². The molecule has 0 radical (unpaired) electrons. The fraction of sp³-hybridized carbons (Fsp3) is 0.312. The zero-order valence-electron chi connectivity index (χ0n) is 14.6. The van der Waals surface area contributed by atoms with Crippen LogP contribution in [0.3, 0.4) is 0 Å². The van der Waals surface area contributed by atoms with Crippen LogP contribution in [0.25, 0.3) is 12.2 Å². The highest BCUT2D eigenvalue weighted by Gasteiger charge is 2.31. The molecule has 0 unspecified atom stereocenters. The number of ether oxygens (including phenoxy) is 3. The van der Waals surface area contributed by atoms with Gasteiger partial charge in [-0.2, -0.15) is 0 Å². The predicted molar refractivity (Wildman–Crippen MR) is 132 cm³/mol. The number of rotatable bonds is 5. The Kier molecular flexibility index (Phi) is 8.79. The molecule has 2 aromatic rings. The number of benzene rings is 1. The summed E-state index contributed by atoms with van der Waals surface area (Å²) in [6.07, 6.45) is 3.59. The highest BCUT2D eigenvalue weighted by Crippen LogP contribution is 2.46. The molecule has 0 saturated heterocycles. The van der Waals surface area contributed by atoms with Gasteiger partial charge in [-0.15, -0.1) is 0 Å². The van der Waals surface area contributed by atoms with Gasteiger partial charge in [-0.3, -0.25) is 0 Å². The van der Waals surface area contributed by atoms with Crippen LogP contribution in [0.1, 0.15) is 23.0 Å². The molecule has 0 amide bonds. The summed E-state index contributed by atoms with van der Waals surface area (Å²) in [6.45, 7) is 0. The third-order valence-corrected chi connectivity index (χ3v) is 5.40. The molecule has 152 valence electrons. The maximum atomic E-state index is 5.38. The maximum absolute atomic E-state index is 5.38. The van der Waals surface area contributed by atoms with E-state index in [2.05, 4.69) is 111 Å². The van der Waals surface area contributed by atoms with Gasteiger partial charge in [0.2, 0.25) is 5.75 Å². The Balaban J connectivity index is 2.51. The van der Waals surface area contributed by atoms with Crippen LogP contribution in [0.5, 0.6) is 17.2 Å². The van der Waals surface area contributed by atoms with Crippen LogP contribution in [-0.4, -0.2) is 36.3 Å². The molecule has 6 nitrogen and oxygen atoms in total. The van der Waals surface area contributed by atoms with Crippen LogP contribution in [0.4, 0.5) is 0 Å². The normalized spacial score (nSPS) is 12.3. The van der Waals surface area contributed by atoms with E-state index in [0.717, 1.165) is 5.56 Å². The first-order valence-electron chi connectivity index (χ1n) is 7.38. The quantitative estimate of drug-likeness (QED) is 0.317. The summed E-state index contributed by atoms with van der Waals surface area (Å²) < 4.78 is 14.5. The van der Waals surface area contributed by atoms with E-state index < -0.39 is 4.29 Å². The zero-order valence-corrected chi connectivity index (χ0v) is 24.2. The Bertz CT molecular complexity index is 824. The van der Waals surface area contributed by atoms with Gasteiger partial charge in [-0.05, 0) is 23.8 Å². The summed E-state index contributed by atoms with van der Waals surface area (Å²) in [7, 11) is 4.70. The molecule has 0 aliphatic heterocycles. The SMILES string of the molecule is COc1cc(/C=C/c2nc(C(Br)(Br)Br)nc(C(Br)(Br)Br)n2)cc(OC)c1OC. The van der Waals surface area contributed by atoms with E-state index in [4.69, 9.17) is 14.2 Å². The van der Waals surface area contributed by atoms with E-state index in [1.54, 1.807) is 27.4 Å². The van der Waals surface area contributed by atoms with Crippen LogP contribution in [0.2, 0.25) is 0 Å². The number of hydrogen-bond donors (Lipinski definition) is 0. The van der Waals surface area contributed by atoms with E-state index in [9.17, 15) is 0 Å². The highest BCUT2D eigenvalue weighted by atomic mass is 80.0. The number of halogens is 6. The van der Waals surface area contributed by atoms with Crippen molar-refractivity contribution in [1.29, 1.82) is 0 Å². The summed E-state index contributed by atoms with van der Waals surface area (Å²) >= 11 is 20.6. The summed E-state index contributed by atoms with van der Waals surface area (Å²) in [4.78, 5) is 13.3. The Hall–Kier alpha value is 0.250. The largest absolute Gasteiger partial charge is 0.493 e. The molecule has 2 rings (SSSR count). The molecule has 1 heterocycles. The minimum Gasteiger partial charge on any atom is -0.493 e. The molecule has 0 N–H and O–H groups in total. The van der Waals surface area contributed by atoms with Crippen molar-refractivity contribution in [2.45, 2.75) is 4.29 Å². The van der Waals surface area contributed by atoms with Gasteiger partial charge in [0, 0.05) is 0 Å². The van der Waals surface area contributed by atoms with E-state index in [1.807, 2.05) is 18.2 Å². The molecule has 0 fully saturated rings. The van der Waals surface area contributed by atoms with E-state index in [-0.39, 0.29) is 0 Å².